The van der Waals surface area contributed by atoms with Gasteiger partial charge in [0.15, 0.2) is 0 Å². The number of piperazine rings is 1. The Bertz CT molecular complexity index is 1120. The number of nitrogens with one attached hydrogen (secondary N) is 1. The Morgan fingerprint density at radius 1 is 0.750 bits per heavy atom. The molecule has 10 heteroatoms. The maximum absolute atomic E-state index is 13.6. The lowest BCUT2D eigenvalue weighted by Gasteiger charge is -2.38. The summed E-state index contributed by atoms with van der Waals surface area (Å²) in [6, 6.07) is 11.9. The molecule has 0 radical (unpaired) electrons. The van der Waals surface area contributed by atoms with E-state index in [1.54, 1.807) is 4.90 Å². The summed E-state index contributed by atoms with van der Waals surface area (Å²) >= 11 is 0. The van der Waals surface area contributed by atoms with Gasteiger partial charge in [-0.05, 0) is 44.1 Å². The molecule has 1 aromatic heterocycles. The van der Waals surface area contributed by atoms with E-state index in [4.69, 9.17) is 9.97 Å². The number of anilines is 3. The topological polar surface area (TPSA) is 88.2 Å². The number of hydrogen-bond acceptors (Lipinski definition) is 8. The summed E-state index contributed by atoms with van der Waals surface area (Å²) in [4.78, 5) is 47.3. The highest BCUT2D eigenvalue weighted by molar-refractivity contribution is 5.89. The first-order valence-electron chi connectivity index (χ1n) is 15.1. The van der Waals surface area contributed by atoms with Gasteiger partial charge in [-0.25, -0.2) is 0 Å². The van der Waals surface area contributed by atoms with E-state index in [1.165, 1.54) is 25.7 Å². The molecule has 1 N–H and O–H groups in total. The molecule has 2 amide bonds. The summed E-state index contributed by atoms with van der Waals surface area (Å²) < 4.78 is 0. The van der Waals surface area contributed by atoms with Crippen molar-refractivity contribution in [2.45, 2.75) is 51.1 Å². The third kappa shape index (κ3) is 6.01. The van der Waals surface area contributed by atoms with Gasteiger partial charge >= 0.3 is 0 Å². The molecule has 6 rings (SSSR count). The molecule has 0 saturated carbocycles. The van der Waals surface area contributed by atoms with Crippen molar-refractivity contribution in [2.24, 2.45) is 0 Å². The summed E-state index contributed by atoms with van der Waals surface area (Å²) in [5.41, 5.74) is 1.14. The van der Waals surface area contributed by atoms with Crippen LogP contribution in [0, 0.1) is 0 Å². The molecular formula is C30H42N8O2. The van der Waals surface area contributed by atoms with Gasteiger partial charge in [0.2, 0.25) is 17.8 Å². The minimum atomic E-state index is -0.347. The molecule has 4 saturated heterocycles. The summed E-state index contributed by atoms with van der Waals surface area (Å²) in [5, 5.41) is 3.25. The standard InChI is InChI=1S/C30H42N8O2/c39-28(23-31-22-24-9-2-1-3-10-24)38-16-8-11-25(38)29(40)36-19-17-35(18-20-36)27-21-26(34-12-4-5-13-34)32-30(33-27)37-14-6-7-15-37/h1-3,9-10,21,25,31H,4-8,11-20,22-23H2. The van der Waals surface area contributed by atoms with Gasteiger partial charge in [-0.3, -0.25) is 9.59 Å². The van der Waals surface area contributed by atoms with Crippen molar-refractivity contribution in [3.05, 3.63) is 42.0 Å². The molecular weight excluding hydrogens is 504 g/mol. The van der Waals surface area contributed by atoms with E-state index >= 15 is 0 Å². The van der Waals surface area contributed by atoms with Crippen molar-refractivity contribution in [1.29, 1.82) is 0 Å². The van der Waals surface area contributed by atoms with E-state index in [9.17, 15) is 9.59 Å². The molecule has 4 fully saturated rings. The van der Waals surface area contributed by atoms with Gasteiger partial charge < -0.3 is 29.8 Å². The van der Waals surface area contributed by atoms with E-state index in [1.807, 2.05) is 35.2 Å². The quantitative estimate of drug-likeness (QED) is 0.539. The van der Waals surface area contributed by atoms with Gasteiger partial charge in [0.05, 0.1) is 6.54 Å². The van der Waals surface area contributed by atoms with E-state index in [0.717, 1.165) is 75.3 Å². The highest BCUT2D eigenvalue weighted by Gasteiger charge is 2.37. The van der Waals surface area contributed by atoms with E-state index in [2.05, 4.69) is 26.1 Å². The highest BCUT2D eigenvalue weighted by Crippen LogP contribution is 2.28. The number of carbonyl (C=O) groups excluding carboxylic acids is 2. The monoisotopic (exact) mass is 546 g/mol. The van der Waals surface area contributed by atoms with Gasteiger partial charge in [0, 0.05) is 71.5 Å². The van der Waals surface area contributed by atoms with E-state index in [0.29, 0.717) is 26.2 Å². The fraction of sp³-hybridized carbons (Fsp3) is 0.600. The Morgan fingerprint density at radius 3 is 2.05 bits per heavy atom. The van der Waals surface area contributed by atoms with Crippen molar-refractivity contribution < 1.29 is 9.59 Å². The van der Waals surface area contributed by atoms with Crippen molar-refractivity contribution >= 4 is 29.4 Å². The van der Waals surface area contributed by atoms with Crippen molar-refractivity contribution in [3.63, 3.8) is 0 Å². The van der Waals surface area contributed by atoms with E-state index < -0.39 is 0 Å². The second-order valence-corrected chi connectivity index (χ2v) is 11.4. The fourth-order valence-electron chi connectivity index (χ4n) is 6.44. The summed E-state index contributed by atoms with van der Waals surface area (Å²) in [6.07, 6.45) is 6.42. The first-order valence-corrected chi connectivity index (χ1v) is 15.1. The van der Waals surface area contributed by atoms with Crippen LogP contribution in [0.15, 0.2) is 36.4 Å². The average molecular weight is 547 g/mol. The molecule has 214 valence electrons. The summed E-state index contributed by atoms with van der Waals surface area (Å²) in [6.45, 7) is 8.45. The number of carbonyl (C=O) groups is 2. The number of benzene rings is 1. The molecule has 1 unspecified atom stereocenters. The molecule has 40 heavy (non-hydrogen) atoms. The number of amides is 2. The van der Waals surface area contributed by atoms with Crippen molar-refractivity contribution in [1.82, 2.24) is 25.1 Å². The molecule has 1 atom stereocenters. The highest BCUT2D eigenvalue weighted by atomic mass is 16.2. The SMILES string of the molecule is O=C(C1CCCN1C(=O)CNCc1ccccc1)N1CCN(c2cc(N3CCCC3)nc(N3CCCC3)n2)CC1. The smallest absolute Gasteiger partial charge is 0.245 e. The molecule has 1 aromatic carbocycles. The molecule has 5 heterocycles. The molecule has 0 spiro atoms. The summed E-state index contributed by atoms with van der Waals surface area (Å²) in [5.74, 6) is 2.94. The number of aromatic nitrogens is 2. The Morgan fingerprint density at radius 2 is 1.38 bits per heavy atom. The minimum Gasteiger partial charge on any atom is -0.356 e. The van der Waals surface area contributed by atoms with Crippen LogP contribution in [-0.2, 0) is 16.1 Å². The number of nitrogens with zero attached hydrogens (tertiary/aromatic N) is 7. The largest absolute Gasteiger partial charge is 0.356 e. The second kappa shape index (κ2) is 12.4. The maximum Gasteiger partial charge on any atom is 0.245 e. The maximum atomic E-state index is 13.6. The van der Waals surface area contributed by atoms with Crippen LogP contribution in [0.3, 0.4) is 0 Å². The zero-order chi connectivity index (χ0) is 27.3. The second-order valence-electron chi connectivity index (χ2n) is 11.4. The van der Waals surface area contributed by atoms with Crippen LogP contribution >= 0.6 is 0 Å². The third-order valence-electron chi connectivity index (χ3n) is 8.73. The van der Waals surface area contributed by atoms with Gasteiger partial charge in [-0.1, -0.05) is 30.3 Å². The lowest BCUT2D eigenvalue weighted by Crippen LogP contribution is -2.55. The first kappa shape index (κ1) is 26.8. The van der Waals surface area contributed by atoms with Crippen molar-refractivity contribution in [3.8, 4) is 0 Å². The molecule has 0 aliphatic carbocycles. The van der Waals surface area contributed by atoms with Crippen LogP contribution in [0.4, 0.5) is 17.6 Å². The normalized spacial score (nSPS) is 21.5. The molecule has 4 aliphatic rings. The van der Waals surface area contributed by atoms with Crippen molar-refractivity contribution in [2.75, 3.05) is 80.1 Å². The van der Waals surface area contributed by atoms with Gasteiger partial charge in [-0.15, -0.1) is 0 Å². The Hall–Kier alpha value is -3.40. The first-order chi connectivity index (χ1) is 19.7. The van der Waals surface area contributed by atoms with Gasteiger partial charge in [0.1, 0.15) is 17.7 Å². The molecule has 4 aliphatic heterocycles. The number of likely N-dealkylation sites (tertiary alicyclic amines) is 1. The lowest BCUT2D eigenvalue weighted by molar-refractivity contribution is -0.143. The summed E-state index contributed by atoms with van der Waals surface area (Å²) in [7, 11) is 0. The van der Waals surface area contributed by atoms with Crippen LogP contribution in [0.1, 0.15) is 44.1 Å². The zero-order valence-corrected chi connectivity index (χ0v) is 23.5. The number of rotatable bonds is 8. The van der Waals surface area contributed by atoms with Crippen LogP contribution in [-0.4, -0.2) is 103 Å². The lowest BCUT2D eigenvalue weighted by atomic mass is 10.1. The van der Waals surface area contributed by atoms with Crippen LogP contribution in [0.2, 0.25) is 0 Å². The van der Waals surface area contributed by atoms with Gasteiger partial charge in [0.25, 0.3) is 0 Å². The average Bonchev–Trinajstić information content (AvgIpc) is 3.80. The van der Waals surface area contributed by atoms with Crippen LogP contribution in [0.5, 0.6) is 0 Å². The fourth-order valence-corrected chi connectivity index (χ4v) is 6.44. The number of hydrogen-bond donors (Lipinski definition) is 1. The minimum absolute atomic E-state index is 0.00952. The molecule has 10 nitrogen and oxygen atoms in total. The third-order valence-corrected chi connectivity index (χ3v) is 8.73. The predicted octanol–water partition coefficient (Wildman–Crippen LogP) is 2.11. The Balaban J connectivity index is 1.06. The molecule has 0 bridgehead atoms. The van der Waals surface area contributed by atoms with Gasteiger partial charge in [-0.2, -0.15) is 9.97 Å². The van der Waals surface area contributed by atoms with Crippen LogP contribution in [0.25, 0.3) is 0 Å². The Labute approximate surface area is 237 Å². The van der Waals surface area contributed by atoms with Crippen LogP contribution < -0.4 is 20.0 Å². The predicted molar refractivity (Wildman–Crippen MR) is 157 cm³/mol. The molecule has 2 aromatic rings. The van der Waals surface area contributed by atoms with E-state index in [-0.39, 0.29) is 24.4 Å². The zero-order valence-electron chi connectivity index (χ0n) is 23.5. The Kier molecular flexibility index (Phi) is 8.32.